The van der Waals surface area contributed by atoms with E-state index in [0.29, 0.717) is 0 Å². The summed E-state index contributed by atoms with van der Waals surface area (Å²) in [6.45, 7) is 5.44. The highest BCUT2D eigenvalue weighted by Gasteiger charge is 2.53. The van der Waals surface area contributed by atoms with Gasteiger partial charge in [-0.1, -0.05) is 24.3 Å². The number of carbonyl (C=O) groups excluding carboxylic acids is 3. The van der Waals surface area contributed by atoms with Crippen LogP contribution in [-0.4, -0.2) is 42.8 Å². The van der Waals surface area contributed by atoms with Crippen LogP contribution in [0.3, 0.4) is 0 Å². The number of nitrogens with one attached hydrogen (secondary N) is 2. The molecule has 0 radical (unpaired) electrons. The normalized spacial score (nSPS) is 38.9. The van der Waals surface area contributed by atoms with Gasteiger partial charge in [0.15, 0.2) is 0 Å². The third kappa shape index (κ3) is 3.67. The van der Waals surface area contributed by atoms with Crippen molar-refractivity contribution < 1.29 is 23.9 Å². The summed E-state index contributed by atoms with van der Waals surface area (Å²) in [5.74, 6) is -0.603. The lowest BCUT2D eigenvalue weighted by molar-refractivity contribution is -0.147. The number of alkyl carbamates (subject to hydrolysis) is 1. The minimum atomic E-state index is -0.599. The number of rotatable bonds is 4. The van der Waals surface area contributed by atoms with Crippen molar-refractivity contribution in [3.63, 3.8) is 0 Å². The fraction of sp³-hybridized carbons (Fsp3) is 0.682. The highest BCUT2D eigenvalue weighted by molar-refractivity contribution is 5.84. The molecule has 4 bridgehead atoms. The quantitative estimate of drug-likeness (QED) is 0.555. The van der Waals surface area contributed by atoms with Crippen molar-refractivity contribution in [3.05, 3.63) is 24.3 Å². The molecule has 0 unspecified atom stereocenters. The van der Waals surface area contributed by atoms with Gasteiger partial charge >= 0.3 is 12.1 Å². The van der Waals surface area contributed by atoms with Crippen molar-refractivity contribution in [3.8, 4) is 0 Å². The average Bonchev–Trinajstić information content (AvgIpc) is 3.39. The summed E-state index contributed by atoms with van der Waals surface area (Å²) in [6.07, 6.45) is 9.50. The predicted molar refractivity (Wildman–Crippen MR) is 106 cm³/mol. The number of ether oxygens (including phenoxy) is 2. The first kappa shape index (κ1) is 20.0. The van der Waals surface area contributed by atoms with Gasteiger partial charge in [0.05, 0.1) is 25.0 Å². The molecule has 7 nitrogen and oxygen atoms in total. The molecule has 0 aromatic heterocycles. The van der Waals surface area contributed by atoms with Crippen LogP contribution in [0.5, 0.6) is 0 Å². The fourth-order valence-corrected chi connectivity index (χ4v) is 5.56. The first-order valence-electron chi connectivity index (χ1n) is 10.4. The van der Waals surface area contributed by atoms with Gasteiger partial charge in [0.1, 0.15) is 5.60 Å². The zero-order valence-electron chi connectivity index (χ0n) is 17.4. The maximum absolute atomic E-state index is 13.3. The second kappa shape index (κ2) is 7.18. The van der Waals surface area contributed by atoms with Gasteiger partial charge in [-0.25, -0.2) is 4.79 Å². The minimum absolute atomic E-state index is 0.0886. The Kier molecular flexibility index (Phi) is 4.95. The van der Waals surface area contributed by atoms with E-state index in [1.54, 1.807) is 0 Å². The molecule has 0 saturated heterocycles. The van der Waals surface area contributed by atoms with Gasteiger partial charge in [-0.3, -0.25) is 9.59 Å². The Morgan fingerprint density at radius 1 is 0.828 bits per heavy atom. The van der Waals surface area contributed by atoms with Crippen LogP contribution in [-0.2, 0) is 19.1 Å². The van der Waals surface area contributed by atoms with Gasteiger partial charge in [0, 0.05) is 6.04 Å². The van der Waals surface area contributed by atoms with Crippen LogP contribution in [0.4, 0.5) is 4.79 Å². The van der Waals surface area contributed by atoms with Gasteiger partial charge in [-0.05, 0) is 57.3 Å². The number of allylic oxidation sites excluding steroid dienone is 2. The lowest BCUT2D eigenvalue weighted by Gasteiger charge is -2.32. The zero-order valence-corrected chi connectivity index (χ0v) is 17.4. The van der Waals surface area contributed by atoms with Crippen LogP contribution in [0.25, 0.3) is 0 Å². The monoisotopic (exact) mass is 402 g/mol. The SMILES string of the molecule is COC(=O)[C@@H]1[C@H](NC(=O)[C@@H]2[C@H](NC(=O)OC(C)(C)C)[C@H]3C=C[C@@H]2C3)[C@H]2C=C[C@@H]1C2. The standard InChI is InChI=1S/C22H30N2O5/c1-22(2,3)29-21(27)24-17-13-7-5-11(9-13)15(17)19(25)23-18-14-8-6-12(10-14)16(18)20(26)28-4/h5-8,11-18H,9-10H2,1-4H3,(H,23,25)(H,24,27)/t11-,12-,13+,14+,15+,16+,17-,18-/m1/s1. The Balaban J connectivity index is 1.47. The van der Waals surface area contributed by atoms with E-state index in [1.807, 2.05) is 20.8 Å². The highest BCUT2D eigenvalue weighted by atomic mass is 16.6. The third-order valence-electron chi connectivity index (χ3n) is 6.69. The molecular formula is C22H30N2O5. The molecule has 0 aliphatic heterocycles. The number of esters is 1. The van der Waals surface area contributed by atoms with Gasteiger partial charge in [-0.2, -0.15) is 0 Å². The fourth-order valence-electron chi connectivity index (χ4n) is 5.56. The van der Waals surface area contributed by atoms with Crippen molar-refractivity contribution >= 4 is 18.0 Å². The lowest BCUT2D eigenvalue weighted by atomic mass is 9.85. The number of fused-ring (bicyclic) bond motifs is 4. The highest BCUT2D eigenvalue weighted by Crippen LogP contribution is 2.46. The van der Waals surface area contributed by atoms with E-state index in [0.717, 1.165) is 12.8 Å². The molecule has 29 heavy (non-hydrogen) atoms. The van der Waals surface area contributed by atoms with E-state index >= 15 is 0 Å². The van der Waals surface area contributed by atoms with E-state index in [-0.39, 0.29) is 59.5 Å². The number of hydrogen-bond donors (Lipinski definition) is 2. The lowest BCUT2D eigenvalue weighted by Crippen LogP contribution is -2.54. The van der Waals surface area contributed by atoms with Gasteiger partial charge in [0.2, 0.25) is 5.91 Å². The number of hydrogen-bond acceptors (Lipinski definition) is 5. The molecule has 4 aliphatic carbocycles. The summed E-state index contributed by atoms with van der Waals surface area (Å²) in [5.41, 5.74) is -0.599. The number of methoxy groups -OCH3 is 1. The van der Waals surface area contributed by atoms with Crippen molar-refractivity contribution in [2.45, 2.75) is 51.3 Å². The van der Waals surface area contributed by atoms with Gasteiger partial charge in [0.25, 0.3) is 0 Å². The van der Waals surface area contributed by atoms with Crippen LogP contribution in [0.1, 0.15) is 33.6 Å². The Morgan fingerprint density at radius 3 is 1.90 bits per heavy atom. The van der Waals surface area contributed by atoms with Crippen LogP contribution < -0.4 is 10.6 Å². The largest absolute Gasteiger partial charge is 0.469 e. The number of amides is 2. The molecule has 2 amide bonds. The number of carbonyl (C=O) groups is 3. The summed E-state index contributed by atoms with van der Waals surface area (Å²) < 4.78 is 10.4. The van der Waals surface area contributed by atoms with Crippen LogP contribution in [0, 0.1) is 35.5 Å². The van der Waals surface area contributed by atoms with Gasteiger partial charge < -0.3 is 20.1 Å². The predicted octanol–water partition coefficient (Wildman–Crippen LogP) is 2.18. The maximum atomic E-state index is 13.3. The first-order valence-corrected chi connectivity index (χ1v) is 10.4. The molecule has 4 rings (SSSR count). The topological polar surface area (TPSA) is 93.7 Å². The van der Waals surface area contributed by atoms with Crippen molar-refractivity contribution in [1.29, 1.82) is 0 Å². The molecule has 8 atom stereocenters. The Bertz CT molecular complexity index is 768. The van der Waals surface area contributed by atoms with E-state index in [2.05, 4.69) is 34.9 Å². The minimum Gasteiger partial charge on any atom is -0.469 e. The molecule has 0 aromatic carbocycles. The molecule has 7 heteroatoms. The Labute approximate surface area is 171 Å². The Morgan fingerprint density at radius 2 is 1.34 bits per heavy atom. The zero-order chi connectivity index (χ0) is 20.9. The second-order valence-electron chi connectivity index (χ2n) is 9.68. The summed E-state index contributed by atoms with van der Waals surface area (Å²) in [6, 6.07) is -0.555. The molecule has 0 aromatic rings. The molecular weight excluding hydrogens is 372 g/mol. The molecule has 158 valence electrons. The Hall–Kier alpha value is -2.31. The molecule has 0 spiro atoms. The molecule has 2 saturated carbocycles. The van der Waals surface area contributed by atoms with Crippen LogP contribution in [0.15, 0.2) is 24.3 Å². The second-order valence-corrected chi connectivity index (χ2v) is 9.68. The van der Waals surface area contributed by atoms with E-state index < -0.39 is 11.7 Å². The van der Waals surface area contributed by atoms with E-state index in [1.165, 1.54) is 7.11 Å². The molecule has 2 fully saturated rings. The molecule has 4 aliphatic rings. The smallest absolute Gasteiger partial charge is 0.407 e. The first-order chi connectivity index (χ1) is 13.7. The van der Waals surface area contributed by atoms with Crippen molar-refractivity contribution in [2.75, 3.05) is 7.11 Å². The van der Waals surface area contributed by atoms with Crippen LogP contribution in [0.2, 0.25) is 0 Å². The maximum Gasteiger partial charge on any atom is 0.407 e. The average molecular weight is 402 g/mol. The third-order valence-corrected chi connectivity index (χ3v) is 6.69. The molecule has 2 N–H and O–H groups in total. The summed E-state index contributed by atoms with van der Waals surface area (Å²) in [4.78, 5) is 37.9. The summed E-state index contributed by atoms with van der Waals surface area (Å²) in [5, 5.41) is 6.06. The molecule has 0 heterocycles. The summed E-state index contributed by atoms with van der Waals surface area (Å²) in [7, 11) is 1.39. The summed E-state index contributed by atoms with van der Waals surface area (Å²) >= 11 is 0. The van der Waals surface area contributed by atoms with Gasteiger partial charge in [-0.15, -0.1) is 0 Å². The van der Waals surface area contributed by atoms with Crippen molar-refractivity contribution in [1.82, 2.24) is 10.6 Å². The van der Waals surface area contributed by atoms with E-state index in [4.69, 9.17) is 9.47 Å². The van der Waals surface area contributed by atoms with E-state index in [9.17, 15) is 14.4 Å². The van der Waals surface area contributed by atoms with Crippen LogP contribution >= 0.6 is 0 Å². The van der Waals surface area contributed by atoms with Crippen molar-refractivity contribution in [2.24, 2.45) is 35.5 Å².